The molecule has 3 aliphatic rings. The number of ketones is 1. The van der Waals surface area contributed by atoms with E-state index >= 15 is 0 Å². The van der Waals surface area contributed by atoms with Crippen molar-refractivity contribution in [2.24, 2.45) is 11.8 Å². The van der Waals surface area contributed by atoms with E-state index in [1.165, 1.54) is 13.8 Å². The van der Waals surface area contributed by atoms with Gasteiger partial charge in [0.1, 0.15) is 24.1 Å². The molecule has 10 heteroatoms. The van der Waals surface area contributed by atoms with Crippen molar-refractivity contribution >= 4 is 11.7 Å². The molecule has 6 atom stereocenters. The second-order valence-electron chi connectivity index (χ2n) is 14.7. The number of amides is 1. The Morgan fingerprint density at radius 2 is 1.72 bits per heavy atom. The molecule has 1 aliphatic carbocycles. The Kier molecular flexibility index (Phi) is 10.6. The molecular weight excluding hydrogens is 600 g/mol. The van der Waals surface area contributed by atoms with Crippen LogP contribution >= 0.6 is 0 Å². The maximum Gasteiger partial charge on any atom is 0.225 e. The molecular formula is C37H52N2O8. The van der Waals surface area contributed by atoms with Crippen LogP contribution in [-0.2, 0) is 37.7 Å². The Labute approximate surface area is 278 Å². The van der Waals surface area contributed by atoms with Crippen LogP contribution < -0.4 is 5.32 Å². The van der Waals surface area contributed by atoms with E-state index in [1.807, 2.05) is 38.1 Å². The number of likely N-dealkylation sites (N-methyl/N-ethyl adjacent to an activating group) is 1. The molecule has 2 aliphatic heterocycles. The summed E-state index contributed by atoms with van der Waals surface area (Å²) >= 11 is 0. The van der Waals surface area contributed by atoms with Crippen LogP contribution in [0.3, 0.4) is 0 Å². The van der Waals surface area contributed by atoms with Crippen LogP contribution in [0.1, 0.15) is 73.8 Å². The van der Waals surface area contributed by atoms with Crippen LogP contribution in [0.2, 0.25) is 0 Å². The molecule has 0 aromatic heterocycles. The van der Waals surface area contributed by atoms with Crippen molar-refractivity contribution in [3.63, 3.8) is 0 Å². The number of rotatable bonds is 15. The summed E-state index contributed by atoms with van der Waals surface area (Å²) in [4.78, 5) is 27.5. The lowest BCUT2D eigenvalue weighted by Gasteiger charge is -2.50. The number of nitrogens with zero attached hydrogens (tertiary/aromatic N) is 1. The molecule has 10 nitrogen and oxygen atoms in total. The summed E-state index contributed by atoms with van der Waals surface area (Å²) in [5, 5.41) is 46.5. The Morgan fingerprint density at radius 3 is 2.36 bits per heavy atom. The standard InChI is InChI=1S/C37H52N2O8/c1-23-9-16-28(37-33(43)31(41)32(42)36(47-37,22-46-37)35(2,3)45)20-27(23)19-25-12-10-24(11-13-25)7-6-8-29(40)21-30(26-14-15-26)34(44)38-17-18-39(4)5/h9-13,16,20,26,30-33,41-43,45H,6-8,14-15,17-19,21-22H2,1-5H3,(H,38,44)/t30-,31+,32+,33-,36+,37+/m1/s1. The summed E-state index contributed by atoms with van der Waals surface area (Å²) in [6, 6.07) is 13.9. The predicted molar refractivity (Wildman–Crippen MR) is 177 cm³/mol. The first kappa shape index (κ1) is 35.6. The molecule has 2 aromatic rings. The number of aliphatic hydroxyl groups excluding tert-OH is 3. The van der Waals surface area contributed by atoms with Crippen LogP contribution in [0.5, 0.6) is 0 Å². The number of carbonyl (C=O) groups is 2. The number of hydrogen-bond acceptors (Lipinski definition) is 9. The highest BCUT2D eigenvalue weighted by Gasteiger charge is 2.71. The third kappa shape index (κ3) is 7.49. The third-order valence-electron chi connectivity index (χ3n) is 10.3. The van der Waals surface area contributed by atoms with Gasteiger partial charge in [0.05, 0.1) is 12.2 Å². The molecule has 0 unspecified atom stereocenters. The van der Waals surface area contributed by atoms with Crippen LogP contribution in [0.25, 0.3) is 0 Å². The summed E-state index contributed by atoms with van der Waals surface area (Å²) in [5.41, 5.74) is 1.55. The first-order chi connectivity index (χ1) is 22.2. The Hall–Kier alpha value is -2.70. The number of aliphatic hydroxyl groups is 4. The quantitative estimate of drug-likeness (QED) is 0.196. The van der Waals surface area contributed by atoms with Crippen molar-refractivity contribution in [3.05, 3.63) is 70.3 Å². The van der Waals surface area contributed by atoms with Crippen LogP contribution in [-0.4, -0.2) is 100 Å². The molecule has 0 spiro atoms. The molecule has 47 heavy (non-hydrogen) atoms. The van der Waals surface area contributed by atoms with Gasteiger partial charge in [-0.25, -0.2) is 0 Å². The van der Waals surface area contributed by atoms with E-state index in [4.69, 9.17) is 9.47 Å². The van der Waals surface area contributed by atoms with E-state index in [-0.39, 0.29) is 24.2 Å². The number of nitrogens with one attached hydrogen (secondary N) is 1. The van der Waals surface area contributed by atoms with Gasteiger partial charge in [-0.2, -0.15) is 0 Å². The molecule has 1 saturated carbocycles. The van der Waals surface area contributed by atoms with E-state index in [1.54, 1.807) is 6.07 Å². The van der Waals surface area contributed by atoms with E-state index < -0.39 is 35.3 Å². The molecule has 2 saturated heterocycles. The van der Waals surface area contributed by atoms with Crippen molar-refractivity contribution in [2.75, 3.05) is 33.8 Å². The predicted octanol–water partition coefficient (Wildman–Crippen LogP) is 2.38. The summed E-state index contributed by atoms with van der Waals surface area (Å²) < 4.78 is 12.2. The minimum Gasteiger partial charge on any atom is -0.387 e. The second kappa shape index (κ2) is 14.0. The number of aryl methyl sites for hydroxylation is 2. The molecule has 5 N–H and O–H groups in total. The van der Waals surface area contributed by atoms with Crippen molar-refractivity contribution < 1.29 is 39.5 Å². The topological polar surface area (TPSA) is 149 Å². The second-order valence-corrected chi connectivity index (χ2v) is 14.7. The number of carbonyl (C=O) groups excluding carboxylic acids is 2. The fourth-order valence-corrected chi connectivity index (χ4v) is 6.95. The van der Waals surface area contributed by atoms with Gasteiger partial charge in [0.15, 0.2) is 5.60 Å². The molecule has 5 rings (SSSR count). The SMILES string of the molecule is Cc1ccc([C@]23OC[C@](C(C)(C)O)(O2)[C@@H](O)[C@H](O)[C@H]3O)cc1Cc1ccc(CCCC(=O)C[C@@H](C(=O)NCCN(C)C)C2CC2)cc1. The molecule has 2 heterocycles. The molecule has 2 aromatic carbocycles. The highest BCUT2D eigenvalue weighted by atomic mass is 16.8. The molecule has 2 bridgehead atoms. The normalized spacial score (nSPS) is 28.0. The number of benzene rings is 2. The number of Topliss-reactive ketones (excluding diaryl/α,β-unsaturated/α-hetero) is 1. The van der Waals surface area contributed by atoms with Gasteiger partial charge in [-0.3, -0.25) is 9.59 Å². The summed E-state index contributed by atoms with van der Waals surface area (Å²) in [6.45, 7) is 6.14. The van der Waals surface area contributed by atoms with Crippen LogP contribution in [0.4, 0.5) is 0 Å². The van der Waals surface area contributed by atoms with Gasteiger partial charge in [0.2, 0.25) is 11.7 Å². The largest absolute Gasteiger partial charge is 0.387 e. The Balaban J connectivity index is 1.18. The lowest BCUT2D eigenvalue weighted by atomic mass is 9.75. The van der Waals surface area contributed by atoms with Gasteiger partial charge < -0.3 is 40.1 Å². The molecule has 3 fully saturated rings. The van der Waals surface area contributed by atoms with Crippen molar-refractivity contribution in [1.29, 1.82) is 0 Å². The monoisotopic (exact) mass is 652 g/mol. The minimum absolute atomic E-state index is 0.00975. The van der Waals surface area contributed by atoms with E-state index in [0.29, 0.717) is 37.3 Å². The summed E-state index contributed by atoms with van der Waals surface area (Å²) in [6.07, 6.45) is 0.245. The van der Waals surface area contributed by atoms with E-state index in [2.05, 4.69) is 29.6 Å². The fraction of sp³-hybridized carbons (Fsp3) is 0.622. The third-order valence-corrected chi connectivity index (χ3v) is 10.3. The highest BCUT2D eigenvalue weighted by molar-refractivity contribution is 5.87. The average Bonchev–Trinajstić information content (AvgIpc) is 3.78. The average molecular weight is 653 g/mol. The zero-order chi connectivity index (χ0) is 34.1. The van der Waals surface area contributed by atoms with Crippen molar-refractivity contribution in [1.82, 2.24) is 10.2 Å². The molecule has 258 valence electrons. The Bertz CT molecular complexity index is 1420. The maximum atomic E-state index is 12.8. The van der Waals surface area contributed by atoms with Crippen LogP contribution in [0, 0.1) is 18.8 Å². The summed E-state index contributed by atoms with van der Waals surface area (Å²) in [5.74, 6) is -1.45. The smallest absolute Gasteiger partial charge is 0.225 e. The zero-order valence-electron chi connectivity index (χ0n) is 28.4. The van der Waals surface area contributed by atoms with Gasteiger partial charge in [-0.05, 0) is 101 Å². The lowest BCUT2D eigenvalue weighted by molar-refractivity contribution is -0.348. The number of ether oxygens (including phenoxy) is 2. The number of fused-ring (bicyclic) bond motifs is 2. The zero-order valence-corrected chi connectivity index (χ0v) is 28.4. The first-order valence-corrected chi connectivity index (χ1v) is 16.9. The van der Waals surface area contributed by atoms with Crippen molar-refractivity contribution in [3.8, 4) is 0 Å². The number of hydrogen-bond donors (Lipinski definition) is 5. The maximum absolute atomic E-state index is 12.8. The Morgan fingerprint density at radius 1 is 1.04 bits per heavy atom. The molecule has 1 amide bonds. The van der Waals surface area contributed by atoms with Gasteiger partial charge >= 0.3 is 0 Å². The van der Waals surface area contributed by atoms with Gasteiger partial charge in [0.25, 0.3) is 0 Å². The van der Waals surface area contributed by atoms with Gasteiger partial charge in [-0.15, -0.1) is 0 Å². The minimum atomic E-state index is -1.74. The first-order valence-electron chi connectivity index (χ1n) is 16.9. The van der Waals surface area contributed by atoms with Gasteiger partial charge in [-0.1, -0.05) is 36.4 Å². The highest BCUT2D eigenvalue weighted by Crippen LogP contribution is 2.53. The fourth-order valence-electron chi connectivity index (χ4n) is 6.95. The summed E-state index contributed by atoms with van der Waals surface area (Å²) in [7, 11) is 3.94. The van der Waals surface area contributed by atoms with Crippen molar-refractivity contribution in [2.45, 2.75) is 101 Å². The molecule has 0 radical (unpaired) electrons. The lowest BCUT2D eigenvalue weighted by Crippen LogP contribution is -2.70. The van der Waals surface area contributed by atoms with E-state index in [0.717, 1.165) is 54.5 Å². The van der Waals surface area contributed by atoms with Crippen LogP contribution in [0.15, 0.2) is 42.5 Å². The van der Waals surface area contributed by atoms with Gasteiger partial charge in [0, 0.05) is 37.4 Å². The van der Waals surface area contributed by atoms with E-state index in [9.17, 15) is 30.0 Å².